The van der Waals surface area contributed by atoms with Gasteiger partial charge < -0.3 is 10.8 Å². The van der Waals surface area contributed by atoms with Gasteiger partial charge in [0.1, 0.15) is 5.75 Å². The molecule has 0 bridgehead atoms. The van der Waals surface area contributed by atoms with Crippen LogP contribution in [-0.4, -0.2) is 27.9 Å². The second-order valence-corrected chi connectivity index (χ2v) is 8.11. The third-order valence-corrected chi connectivity index (χ3v) is 5.65. The summed E-state index contributed by atoms with van der Waals surface area (Å²) >= 11 is 1.50. The minimum Gasteiger partial charge on any atom is -0.507 e. The molecule has 7 heteroatoms. The Kier molecular flexibility index (Phi) is 5.07. The van der Waals surface area contributed by atoms with Gasteiger partial charge in [0.15, 0.2) is 0 Å². The third kappa shape index (κ3) is 4.14. The number of primary amides is 1. The molecule has 2 aromatic carbocycles. The van der Waals surface area contributed by atoms with Crippen molar-refractivity contribution in [2.75, 3.05) is 0 Å². The molecule has 148 valence electrons. The molecule has 4 rings (SSSR count). The molecular weight excluding hydrogens is 384 g/mol. The number of hydrogen-bond donors (Lipinski definition) is 2. The van der Waals surface area contributed by atoms with Crippen molar-refractivity contribution < 1.29 is 9.90 Å². The molecule has 1 aliphatic carbocycles. The molecule has 29 heavy (non-hydrogen) atoms. The first-order valence-corrected chi connectivity index (χ1v) is 10.3. The zero-order chi connectivity index (χ0) is 20.5. The number of benzene rings is 2. The smallest absolute Gasteiger partial charge is 0.252 e. The molecule has 3 aromatic rings. The van der Waals surface area contributed by atoms with Gasteiger partial charge in [-0.25, -0.2) is 4.68 Å². The van der Waals surface area contributed by atoms with E-state index in [1.165, 1.54) is 23.0 Å². The van der Waals surface area contributed by atoms with Crippen LogP contribution in [0.1, 0.15) is 39.9 Å². The van der Waals surface area contributed by atoms with Gasteiger partial charge in [-0.05, 0) is 56.0 Å². The van der Waals surface area contributed by atoms with Crippen LogP contribution in [0.15, 0.2) is 51.9 Å². The van der Waals surface area contributed by atoms with E-state index in [1.54, 1.807) is 16.8 Å². The molecule has 1 fully saturated rings. The lowest BCUT2D eigenvalue weighted by Crippen LogP contribution is -2.14. The van der Waals surface area contributed by atoms with Gasteiger partial charge in [0.05, 0.1) is 23.5 Å². The van der Waals surface area contributed by atoms with E-state index in [-0.39, 0.29) is 11.3 Å². The predicted molar refractivity (Wildman–Crippen MR) is 115 cm³/mol. The summed E-state index contributed by atoms with van der Waals surface area (Å²) in [5.41, 5.74) is 10.4. The molecule has 1 saturated carbocycles. The lowest BCUT2D eigenvalue weighted by Gasteiger charge is -2.07. The van der Waals surface area contributed by atoms with Crippen LogP contribution in [0.3, 0.4) is 0 Å². The van der Waals surface area contributed by atoms with Gasteiger partial charge in [0.25, 0.3) is 5.91 Å². The van der Waals surface area contributed by atoms with Crippen molar-refractivity contribution in [3.8, 4) is 17.0 Å². The number of amides is 1. The van der Waals surface area contributed by atoms with Gasteiger partial charge in [-0.1, -0.05) is 23.8 Å². The average molecular weight is 407 g/mol. The number of phenols is 1. The molecular formula is C22H22N4O2S. The van der Waals surface area contributed by atoms with E-state index >= 15 is 0 Å². The Morgan fingerprint density at radius 3 is 2.72 bits per heavy atom. The first-order chi connectivity index (χ1) is 13.9. The van der Waals surface area contributed by atoms with Crippen LogP contribution in [0.4, 0.5) is 0 Å². The molecule has 0 unspecified atom stereocenters. The Balaban J connectivity index is 1.82. The Labute approximate surface area is 172 Å². The summed E-state index contributed by atoms with van der Waals surface area (Å²) in [5.74, 6) is -0.808. The van der Waals surface area contributed by atoms with Crippen molar-refractivity contribution >= 4 is 23.5 Å². The van der Waals surface area contributed by atoms with E-state index in [2.05, 4.69) is 26.0 Å². The molecule has 0 saturated heterocycles. The van der Waals surface area contributed by atoms with Crippen molar-refractivity contribution in [2.24, 2.45) is 15.8 Å². The summed E-state index contributed by atoms with van der Waals surface area (Å²) in [6.45, 7) is 4.12. The molecule has 0 spiro atoms. The number of hydrogen-bond acceptors (Lipinski definition) is 5. The summed E-state index contributed by atoms with van der Waals surface area (Å²) in [4.78, 5) is 17.2. The van der Waals surface area contributed by atoms with Crippen molar-refractivity contribution in [2.45, 2.75) is 32.7 Å². The van der Waals surface area contributed by atoms with E-state index in [9.17, 15) is 9.90 Å². The lowest BCUT2D eigenvalue weighted by atomic mass is 10.1. The van der Waals surface area contributed by atoms with Crippen molar-refractivity contribution in [3.63, 3.8) is 0 Å². The molecule has 1 amide bonds. The zero-order valence-electron chi connectivity index (χ0n) is 16.3. The molecule has 1 heterocycles. The van der Waals surface area contributed by atoms with Gasteiger partial charge in [0.2, 0.25) is 4.80 Å². The number of aryl methyl sites for hydroxylation is 2. The molecule has 1 aliphatic rings. The highest BCUT2D eigenvalue weighted by Crippen LogP contribution is 2.27. The SMILES string of the molecule is Cc1ccc(/C=N/n2c(-c3ccc(O)c(C(N)=O)c3)csc2=NC2CC2)c(C)c1. The van der Waals surface area contributed by atoms with Gasteiger partial charge >= 0.3 is 0 Å². The van der Waals surface area contributed by atoms with Gasteiger partial charge in [-0.15, -0.1) is 11.3 Å². The normalized spacial score (nSPS) is 14.6. The summed E-state index contributed by atoms with van der Waals surface area (Å²) in [6.07, 6.45) is 4.02. The molecule has 1 aromatic heterocycles. The summed E-state index contributed by atoms with van der Waals surface area (Å²) in [5, 5.41) is 16.6. The molecule has 6 nitrogen and oxygen atoms in total. The lowest BCUT2D eigenvalue weighted by molar-refractivity contribution is 0.0998. The van der Waals surface area contributed by atoms with E-state index < -0.39 is 5.91 Å². The maximum absolute atomic E-state index is 11.6. The second kappa shape index (κ2) is 7.67. The van der Waals surface area contributed by atoms with Crippen LogP contribution in [0, 0.1) is 13.8 Å². The fourth-order valence-electron chi connectivity index (χ4n) is 3.04. The van der Waals surface area contributed by atoms with Crippen LogP contribution in [-0.2, 0) is 0 Å². The number of rotatable bonds is 5. The number of nitrogens with zero attached hydrogens (tertiary/aromatic N) is 3. The number of aromatic hydroxyl groups is 1. The van der Waals surface area contributed by atoms with E-state index in [1.807, 2.05) is 17.7 Å². The van der Waals surface area contributed by atoms with Crippen LogP contribution in [0.2, 0.25) is 0 Å². The van der Waals surface area contributed by atoms with Crippen LogP contribution < -0.4 is 10.5 Å². The van der Waals surface area contributed by atoms with E-state index in [4.69, 9.17) is 15.8 Å². The largest absolute Gasteiger partial charge is 0.507 e. The zero-order valence-corrected chi connectivity index (χ0v) is 17.1. The number of carbonyl (C=O) groups excluding carboxylic acids is 1. The maximum Gasteiger partial charge on any atom is 0.252 e. The fourth-order valence-corrected chi connectivity index (χ4v) is 3.95. The van der Waals surface area contributed by atoms with Crippen LogP contribution >= 0.6 is 11.3 Å². The highest BCUT2D eigenvalue weighted by atomic mass is 32.1. The first-order valence-electron chi connectivity index (χ1n) is 9.41. The molecule has 0 aliphatic heterocycles. The highest BCUT2D eigenvalue weighted by molar-refractivity contribution is 7.07. The minimum atomic E-state index is -0.673. The number of aromatic nitrogens is 1. The van der Waals surface area contributed by atoms with Crippen LogP contribution in [0.25, 0.3) is 11.3 Å². The molecule has 0 atom stereocenters. The number of thiazole rings is 1. The third-order valence-electron chi connectivity index (χ3n) is 4.82. The predicted octanol–water partition coefficient (Wildman–Crippen LogP) is 3.58. The Morgan fingerprint density at radius 1 is 1.24 bits per heavy atom. The number of carbonyl (C=O) groups is 1. The van der Waals surface area contributed by atoms with E-state index in [0.717, 1.165) is 40.0 Å². The van der Waals surface area contributed by atoms with Gasteiger partial charge in [-0.3, -0.25) is 9.79 Å². The number of nitrogens with two attached hydrogens (primary N) is 1. The minimum absolute atomic E-state index is 0.0827. The van der Waals surface area contributed by atoms with Crippen molar-refractivity contribution in [1.82, 2.24) is 4.68 Å². The monoisotopic (exact) mass is 406 g/mol. The van der Waals surface area contributed by atoms with Gasteiger partial charge in [-0.2, -0.15) is 5.10 Å². The van der Waals surface area contributed by atoms with E-state index in [0.29, 0.717) is 6.04 Å². The fraction of sp³-hybridized carbons (Fsp3) is 0.227. The molecule has 3 N–H and O–H groups in total. The quantitative estimate of drug-likeness (QED) is 0.634. The van der Waals surface area contributed by atoms with Crippen LogP contribution in [0.5, 0.6) is 5.75 Å². The summed E-state index contributed by atoms with van der Waals surface area (Å²) in [6, 6.07) is 11.4. The molecule has 0 radical (unpaired) electrons. The Morgan fingerprint density at radius 2 is 2.03 bits per heavy atom. The Bertz CT molecular complexity index is 1190. The maximum atomic E-state index is 11.6. The highest BCUT2D eigenvalue weighted by Gasteiger charge is 2.21. The average Bonchev–Trinajstić information content (AvgIpc) is 3.41. The topological polar surface area (TPSA) is 93.0 Å². The standard InChI is InChI=1S/C22H22N4O2S/c1-13-3-4-16(14(2)9-13)11-24-26-19(12-29-22(26)25-17-6-7-17)15-5-8-20(27)18(10-15)21(23)28/h3-5,8-12,17,27H,6-7H2,1-2H3,(H2,23,28)/b24-11+,25-22?. The van der Waals surface area contributed by atoms with Crippen molar-refractivity contribution in [1.29, 1.82) is 0 Å². The second-order valence-electron chi connectivity index (χ2n) is 7.28. The first kappa shape index (κ1) is 19.1. The van der Waals surface area contributed by atoms with Gasteiger partial charge in [0, 0.05) is 10.9 Å². The Hall–Kier alpha value is -3.19. The summed E-state index contributed by atoms with van der Waals surface area (Å²) < 4.78 is 1.79. The van der Waals surface area contributed by atoms with Crippen molar-refractivity contribution in [3.05, 3.63) is 68.8 Å². The summed E-state index contributed by atoms with van der Waals surface area (Å²) in [7, 11) is 0.